The van der Waals surface area contributed by atoms with Crippen LogP contribution in [0.5, 0.6) is 11.5 Å². The normalized spacial score (nSPS) is 10.7. The topological polar surface area (TPSA) is 52.5 Å². The van der Waals surface area contributed by atoms with Crippen molar-refractivity contribution in [3.63, 3.8) is 0 Å². The molecule has 0 saturated carbocycles. The van der Waals surface area contributed by atoms with Crippen molar-refractivity contribution in [2.24, 2.45) is 0 Å². The molecule has 0 fully saturated rings. The summed E-state index contributed by atoms with van der Waals surface area (Å²) in [6.07, 6.45) is 2.10. The molecule has 0 spiro atoms. The Kier molecular flexibility index (Phi) is 4.88. The average Bonchev–Trinajstić information content (AvgIpc) is 3.02. The molecule has 1 heterocycles. The van der Waals surface area contributed by atoms with Gasteiger partial charge in [-0.25, -0.2) is 4.39 Å². The number of carbonyl (C=O) groups excluding carboxylic acids is 1. The summed E-state index contributed by atoms with van der Waals surface area (Å²) in [6, 6.07) is 11.7. The largest absolute Gasteiger partial charge is 0.497 e. The van der Waals surface area contributed by atoms with E-state index < -0.39 is 0 Å². The van der Waals surface area contributed by atoms with E-state index in [0.717, 1.165) is 10.9 Å². The van der Waals surface area contributed by atoms with Crippen LogP contribution in [0.1, 0.15) is 6.42 Å². The van der Waals surface area contributed by atoms with Crippen molar-refractivity contribution >= 4 is 22.5 Å². The highest BCUT2D eigenvalue weighted by atomic mass is 19.1. The molecule has 0 aliphatic carbocycles. The van der Waals surface area contributed by atoms with E-state index in [4.69, 9.17) is 9.47 Å². The third-order valence-electron chi connectivity index (χ3n) is 4.00. The molecule has 0 aliphatic rings. The average molecular weight is 342 g/mol. The van der Waals surface area contributed by atoms with E-state index in [-0.39, 0.29) is 18.1 Å². The van der Waals surface area contributed by atoms with E-state index in [0.29, 0.717) is 23.7 Å². The van der Waals surface area contributed by atoms with Gasteiger partial charge >= 0.3 is 0 Å². The van der Waals surface area contributed by atoms with E-state index in [2.05, 4.69) is 5.32 Å². The zero-order chi connectivity index (χ0) is 17.8. The lowest BCUT2D eigenvalue weighted by Crippen LogP contribution is -2.15. The van der Waals surface area contributed by atoms with Crippen molar-refractivity contribution in [2.75, 3.05) is 19.5 Å². The molecule has 3 aromatic rings. The Morgan fingerprint density at radius 3 is 2.72 bits per heavy atom. The Balaban J connectivity index is 1.69. The quantitative estimate of drug-likeness (QED) is 0.741. The first kappa shape index (κ1) is 16.8. The van der Waals surface area contributed by atoms with Crippen molar-refractivity contribution in [3.05, 3.63) is 54.5 Å². The number of halogens is 1. The summed E-state index contributed by atoms with van der Waals surface area (Å²) in [6.45, 7) is 0.449. The van der Waals surface area contributed by atoms with Gasteiger partial charge in [-0.3, -0.25) is 4.79 Å². The number of benzene rings is 2. The Morgan fingerprint density at radius 1 is 1.12 bits per heavy atom. The van der Waals surface area contributed by atoms with Crippen LogP contribution in [0.2, 0.25) is 0 Å². The number of rotatable bonds is 6. The molecule has 0 radical (unpaired) electrons. The SMILES string of the molecule is COc1ccc(OC)c(NC(=O)CCn2ccc3ccc(F)cc32)c1. The summed E-state index contributed by atoms with van der Waals surface area (Å²) in [5.41, 5.74) is 1.32. The molecule has 0 bridgehead atoms. The summed E-state index contributed by atoms with van der Waals surface area (Å²) in [5.74, 6) is 0.730. The van der Waals surface area contributed by atoms with E-state index in [1.807, 2.05) is 16.8 Å². The lowest BCUT2D eigenvalue weighted by Gasteiger charge is -2.12. The lowest BCUT2D eigenvalue weighted by atomic mass is 10.2. The second-order valence-electron chi connectivity index (χ2n) is 5.58. The van der Waals surface area contributed by atoms with Crippen LogP contribution >= 0.6 is 0 Å². The number of nitrogens with zero attached hydrogens (tertiary/aromatic N) is 1. The first-order chi connectivity index (χ1) is 12.1. The minimum atomic E-state index is -0.294. The number of aromatic nitrogens is 1. The number of hydrogen-bond acceptors (Lipinski definition) is 3. The van der Waals surface area contributed by atoms with Crippen LogP contribution in [-0.4, -0.2) is 24.7 Å². The van der Waals surface area contributed by atoms with Gasteiger partial charge in [0, 0.05) is 25.2 Å². The Labute approximate surface area is 145 Å². The molecule has 1 amide bonds. The molecule has 0 atom stereocenters. The molecule has 25 heavy (non-hydrogen) atoms. The number of methoxy groups -OCH3 is 2. The smallest absolute Gasteiger partial charge is 0.226 e. The number of ether oxygens (including phenoxy) is 2. The predicted molar refractivity (Wildman–Crippen MR) is 94.7 cm³/mol. The standard InChI is InChI=1S/C19H19FN2O3/c1-24-15-5-6-18(25-2)16(12-15)21-19(23)8-10-22-9-7-13-3-4-14(20)11-17(13)22/h3-7,9,11-12H,8,10H2,1-2H3,(H,21,23). The Bertz CT molecular complexity index is 905. The maximum Gasteiger partial charge on any atom is 0.226 e. The van der Waals surface area contributed by atoms with Gasteiger partial charge in [-0.2, -0.15) is 0 Å². The summed E-state index contributed by atoms with van der Waals surface area (Å²) in [4.78, 5) is 12.3. The van der Waals surface area contributed by atoms with Crippen molar-refractivity contribution < 1.29 is 18.7 Å². The zero-order valence-electron chi connectivity index (χ0n) is 14.1. The van der Waals surface area contributed by atoms with Crippen LogP contribution in [0.15, 0.2) is 48.7 Å². The van der Waals surface area contributed by atoms with Gasteiger partial charge in [0.25, 0.3) is 0 Å². The second kappa shape index (κ2) is 7.25. The molecule has 6 heteroatoms. The molecule has 0 aliphatic heterocycles. The summed E-state index contributed by atoms with van der Waals surface area (Å²) < 4.78 is 25.7. The fourth-order valence-electron chi connectivity index (χ4n) is 2.70. The second-order valence-corrected chi connectivity index (χ2v) is 5.58. The number of carbonyl (C=O) groups is 1. The fraction of sp³-hybridized carbons (Fsp3) is 0.211. The number of anilines is 1. The van der Waals surface area contributed by atoms with E-state index in [1.54, 1.807) is 31.4 Å². The van der Waals surface area contributed by atoms with Gasteiger partial charge in [0.15, 0.2) is 0 Å². The van der Waals surface area contributed by atoms with Gasteiger partial charge in [-0.15, -0.1) is 0 Å². The summed E-state index contributed by atoms with van der Waals surface area (Å²) >= 11 is 0. The van der Waals surface area contributed by atoms with Gasteiger partial charge in [0.2, 0.25) is 5.91 Å². The maximum atomic E-state index is 13.4. The van der Waals surface area contributed by atoms with Crippen molar-refractivity contribution in [1.29, 1.82) is 0 Å². The molecule has 1 N–H and O–H groups in total. The maximum absolute atomic E-state index is 13.4. The minimum Gasteiger partial charge on any atom is -0.497 e. The molecular weight excluding hydrogens is 323 g/mol. The number of nitrogens with one attached hydrogen (secondary N) is 1. The van der Waals surface area contributed by atoms with E-state index in [1.165, 1.54) is 19.2 Å². The number of fused-ring (bicyclic) bond motifs is 1. The molecule has 0 saturated heterocycles. The summed E-state index contributed by atoms with van der Waals surface area (Å²) in [5, 5.41) is 3.77. The monoisotopic (exact) mass is 342 g/mol. The molecule has 0 unspecified atom stereocenters. The molecule has 2 aromatic carbocycles. The molecule has 1 aromatic heterocycles. The van der Waals surface area contributed by atoms with Gasteiger partial charge in [-0.05, 0) is 41.8 Å². The number of hydrogen-bond donors (Lipinski definition) is 1. The number of amides is 1. The van der Waals surface area contributed by atoms with Gasteiger partial charge < -0.3 is 19.4 Å². The van der Waals surface area contributed by atoms with Crippen molar-refractivity contribution in [2.45, 2.75) is 13.0 Å². The minimum absolute atomic E-state index is 0.162. The third-order valence-corrected chi connectivity index (χ3v) is 4.00. The van der Waals surface area contributed by atoms with Crippen LogP contribution in [0.3, 0.4) is 0 Å². The van der Waals surface area contributed by atoms with Gasteiger partial charge in [-0.1, -0.05) is 0 Å². The van der Waals surface area contributed by atoms with Gasteiger partial charge in [0.1, 0.15) is 17.3 Å². The number of aryl methyl sites for hydroxylation is 1. The lowest BCUT2D eigenvalue weighted by molar-refractivity contribution is -0.116. The fourth-order valence-corrected chi connectivity index (χ4v) is 2.70. The van der Waals surface area contributed by atoms with Crippen LogP contribution in [0.4, 0.5) is 10.1 Å². The van der Waals surface area contributed by atoms with Crippen LogP contribution < -0.4 is 14.8 Å². The van der Waals surface area contributed by atoms with Crippen molar-refractivity contribution in [3.8, 4) is 11.5 Å². The molecular formula is C19H19FN2O3. The van der Waals surface area contributed by atoms with E-state index >= 15 is 0 Å². The predicted octanol–water partition coefficient (Wildman–Crippen LogP) is 3.83. The highest BCUT2D eigenvalue weighted by Crippen LogP contribution is 2.29. The first-order valence-corrected chi connectivity index (χ1v) is 7.87. The first-order valence-electron chi connectivity index (χ1n) is 7.87. The van der Waals surface area contributed by atoms with E-state index in [9.17, 15) is 9.18 Å². The zero-order valence-corrected chi connectivity index (χ0v) is 14.1. The van der Waals surface area contributed by atoms with Crippen LogP contribution in [0.25, 0.3) is 10.9 Å². The highest BCUT2D eigenvalue weighted by Gasteiger charge is 2.10. The molecule has 130 valence electrons. The van der Waals surface area contributed by atoms with Gasteiger partial charge in [0.05, 0.1) is 25.4 Å². The van der Waals surface area contributed by atoms with Crippen molar-refractivity contribution in [1.82, 2.24) is 4.57 Å². The highest BCUT2D eigenvalue weighted by molar-refractivity contribution is 5.92. The van der Waals surface area contributed by atoms with Crippen LogP contribution in [0, 0.1) is 5.82 Å². The van der Waals surface area contributed by atoms with Crippen LogP contribution in [-0.2, 0) is 11.3 Å². The Morgan fingerprint density at radius 2 is 1.96 bits per heavy atom. The molecule has 3 rings (SSSR count). The third kappa shape index (κ3) is 3.74. The molecule has 5 nitrogen and oxygen atoms in total. The summed E-state index contributed by atoms with van der Waals surface area (Å²) in [7, 11) is 3.10. The Hall–Kier alpha value is -3.02.